The fourth-order valence-corrected chi connectivity index (χ4v) is 3.06. The Hall–Kier alpha value is -3.23. The summed E-state index contributed by atoms with van der Waals surface area (Å²) in [6.07, 6.45) is -2.37. The molecule has 0 saturated carbocycles. The molecule has 2 aromatic carbocycles. The van der Waals surface area contributed by atoms with E-state index >= 15 is 0 Å². The molecular formula is C21H24N4O4. The van der Waals surface area contributed by atoms with Crippen molar-refractivity contribution >= 4 is 29.0 Å². The summed E-state index contributed by atoms with van der Waals surface area (Å²) in [5.41, 5.74) is 8.10. The number of carbonyl (C=O) groups is 2. The first-order valence-electron chi connectivity index (χ1n) is 9.30. The van der Waals surface area contributed by atoms with Crippen molar-refractivity contribution in [3.05, 3.63) is 59.7 Å². The number of nitrogens with zero attached hydrogens (tertiary/aromatic N) is 1. The van der Waals surface area contributed by atoms with Crippen molar-refractivity contribution in [2.75, 3.05) is 23.4 Å². The lowest BCUT2D eigenvalue weighted by molar-refractivity contribution is -0.145. The number of anilines is 2. The zero-order valence-electron chi connectivity index (χ0n) is 16.1. The lowest BCUT2D eigenvalue weighted by atomic mass is 10.1. The Kier molecular flexibility index (Phi) is 6.26. The monoisotopic (exact) mass is 396 g/mol. The molecule has 2 amide bonds. The van der Waals surface area contributed by atoms with Crippen LogP contribution >= 0.6 is 0 Å². The summed E-state index contributed by atoms with van der Waals surface area (Å²) in [4.78, 5) is 27.0. The molecule has 0 bridgehead atoms. The molecule has 29 heavy (non-hydrogen) atoms. The van der Waals surface area contributed by atoms with Gasteiger partial charge in [0.15, 0.2) is 12.2 Å². The van der Waals surface area contributed by atoms with Crippen LogP contribution < -0.4 is 16.0 Å². The quantitative estimate of drug-likeness (QED) is 0.449. The number of amidine groups is 1. The molecule has 1 saturated heterocycles. The summed E-state index contributed by atoms with van der Waals surface area (Å²) >= 11 is 0. The van der Waals surface area contributed by atoms with Crippen molar-refractivity contribution in [2.45, 2.75) is 25.6 Å². The van der Waals surface area contributed by atoms with Crippen LogP contribution in [0.15, 0.2) is 48.5 Å². The first-order valence-corrected chi connectivity index (χ1v) is 9.30. The number of nitrogens with one attached hydrogen (secondary N) is 2. The van der Waals surface area contributed by atoms with Gasteiger partial charge in [-0.2, -0.15) is 0 Å². The van der Waals surface area contributed by atoms with Gasteiger partial charge in [0.05, 0.1) is 0 Å². The van der Waals surface area contributed by atoms with Gasteiger partial charge >= 0.3 is 0 Å². The smallest absolute Gasteiger partial charge is 0.259 e. The lowest BCUT2D eigenvalue weighted by Gasteiger charge is -2.26. The molecule has 8 nitrogen and oxygen atoms in total. The van der Waals surface area contributed by atoms with E-state index in [1.165, 1.54) is 4.90 Å². The van der Waals surface area contributed by atoms with Crippen molar-refractivity contribution in [1.82, 2.24) is 0 Å². The number of amides is 2. The van der Waals surface area contributed by atoms with E-state index < -0.39 is 24.0 Å². The van der Waals surface area contributed by atoms with Crippen LogP contribution in [0.4, 0.5) is 11.4 Å². The number of hydrogen-bond donors (Lipinski definition) is 4. The summed E-state index contributed by atoms with van der Waals surface area (Å²) in [6.45, 7) is 2.66. The molecule has 0 spiro atoms. The van der Waals surface area contributed by atoms with Gasteiger partial charge in [0, 0.05) is 30.1 Å². The average molecular weight is 396 g/mol. The third-order valence-electron chi connectivity index (χ3n) is 4.70. The van der Waals surface area contributed by atoms with Gasteiger partial charge in [0.1, 0.15) is 5.84 Å². The van der Waals surface area contributed by atoms with E-state index in [-0.39, 0.29) is 12.4 Å². The van der Waals surface area contributed by atoms with Crippen LogP contribution in [0.2, 0.25) is 0 Å². The minimum Gasteiger partial charge on any atom is -0.384 e. The average Bonchev–Trinajstić information content (AvgIpc) is 2.90. The van der Waals surface area contributed by atoms with Crippen LogP contribution in [-0.4, -0.2) is 48.1 Å². The fraction of sp³-hybridized carbons (Fsp3) is 0.286. The number of rotatable bonds is 5. The summed E-state index contributed by atoms with van der Waals surface area (Å²) in [6, 6.07) is 13.8. The highest BCUT2D eigenvalue weighted by atomic mass is 16.5. The Morgan fingerprint density at radius 3 is 2.52 bits per heavy atom. The van der Waals surface area contributed by atoms with Gasteiger partial charge in [-0.1, -0.05) is 17.7 Å². The minimum absolute atomic E-state index is 0.0865. The van der Waals surface area contributed by atoms with Gasteiger partial charge in [-0.05, 0) is 49.7 Å². The molecule has 0 unspecified atom stereocenters. The second-order valence-corrected chi connectivity index (χ2v) is 6.90. The Labute approximate surface area is 168 Å². The van der Waals surface area contributed by atoms with E-state index in [0.717, 1.165) is 5.56 Å². The Balaban J connectivity index is 1.72. The number of carbonyl (C=O) groups excluding carboxylic acids is 2. The number of aliphatic hydroxyl groups excluding tert-OH is 1. The van der Waals surface area contributed by atoms with Crippen LogP contribution in [0, 0.1) is 12.3 Å². The molecule has 5 N–H and O–H groups in total. The van der Waals surface area contributed by atoms with Gasteiger partial charge < -0.3 is 25.8 Å². The van der Waals surface area contributed by atoms with Crippen LogP contribution in [-0.2, 0) is 14.3 Å². The molecule has 1 fully saturated rings. The molecule has 2 aromatic rings. The number of benzene rings is 2. The molecule has 0 radical (unpaired) electrons. The van der Waals surface area contributed by atoms with E-state index in [0.29, 0.717) is 29.9 Å². The second kappa shape index (κ2) is 8.85. The molecule has 152 valence electrons. The Bertz CT molecular complexity index is 896. The third kappa shape index (κ3) is 4.79. The second-order valence-electron chi connectivity index (χ2n) is 6.90. The molecule has 0 aromatic heterocycles. The van der Waals surface area contributed by atoms with E-state index in [1.54, 1.807) is 24.3 Å². The van der Waals surface area contributed by atoms with Gasteiger partial charge in [-0.25, -0.2) is 0 Å². The maximum Gasteiger partial charge on any atom is 0.259 e. The van der Waals surface area contributed by atoms with Gasteiger partial charge in [-0.3, -0.25) is 15.0 Å². The number of hydrogen-bond acceptors (Lipinski definition) is 5. The maximum absolute atomic E-state index is 13.0. The van der Waals surface area contributed by atoms with Crippen molar-refractivity contribution < 1.29 is 19.4 Å². The van der Waals surface area contributed by atoms with Gasteiger partial charge in [0.25, 0.3) is 11.8 Å². The number of nitrogens with two attached hydrogens (primary N) is 1. The SMILES string of the molecule is Cc1ccc(N2CCCO[C@H]([C@@H](O)C(=O)Nc3ccc(C(=N)N)cc3)C2=O)cc1. The third-order valence-corrected chi connectivity index (χ3v) is 4.70. The highest BCUT2D eigenvalue weighted by molar-refractivity contribution is 6.03. The largest absolute Gasteiger partial charge is 0.384 e. The molecular weight excluding hydrogens is 372 g/mol. The van der Waals surface area contributed by atoms with Crippen molar-refractivity contribution in [3.8, 4) is 0 Å². The normalized spacial score (nSPS) is 18.1. The number of aryl methyl sites for hydroxylation is 1. The highest BCUT2D eigenvalue weighted by Gasteiger charge is 2.38. The molecule has 0 aliphatic carbocycles. The van der Waals surface area contributed by atoms with Crippen molar-refractivity contribution in [1.29, 1.82) is 5.41 Å². The summed E-state index contributed by atoms with van der Waals surface area (Å²) in [7, 11) is 0. The standard InChI is InChI=1S/C21H24N4O4/c1-13-3-9-16(10-4-13)25-11-2-12-29-18(21(25)28)17(26)20(27)24-15-7-5-14(6-8-15)19(22)23/h3-10,17-18,26H,2,11-12H2,1H3,(H3,22,23)(H,24,27)/t17-,18-/m1/s1. The van der Waals surface area contributed by atoms with Crippen LogP contribution in [0.25, 0.3) is 0 Å². The summed E-state index contributed by atoms with van der Waals surface area (Å²) in [5.74, 6) is -1.29. The van der Waals surface area contributed by atoms with E-state index in [9.17, 15) is 14.7 Å². The fourth-order valence-electron chi connectivity index (χ4n) is 3.06. The predicted octanol–water partition coefficient (Wildman–Crippen LogP) is 1.40. The molecule has 1 aliphatic heterocycles. The summed E-state index contributed by atoms with van der Waals surface area (Å²) < 4.78 is 5.52. The molecule has 2 atom stereocenters. The van der Waals surface area contributed by atoms with E-state index in [4.69, 9.17) is 15.9 Å². The van der Waals surface area contributed by atoms with E-state index in [1.807, 2.05) is 31.2 Å². The number of aliphatic hydroxyl groups is 1. The predicted molar refractivity (Wildman–Crippen MR) is 110 cm³/mol. The molecule has 1 heterocycles. The zero-order chi connectivity index (χ0) is 21.0. The van der Waals surface area contributed by atoms with E-state index in [2.05, 4.69) is 5.32 Å². The molecule has 8 heteroatoms. The minimum atomic E-state index is -1.67. The number of nitrogen functional groups attached to an aromatic ring is 1. The van der Waals surface area contributed by atoms with Crippen LogP contribution in [0.5, 0.6) is 0 Å². The highest BCUT2D eigenvalue weighted by Crippen LogP contribution is 2.21. The molecule has 3 rings (SSSR count). The Morgan fingerprint density at radius 1 is 1.24 bits per heavy atom. The first-order chi connectivity index (χ1) is 13.9. The number of ether oxygens (including phenoxy) is 1. The maximum atomic E-state index is 13.0. The Morgan fingerprint density at radius 2 is 1.90 bits per heavy atom. The first kappa shape index (κ1) is 20.5. The van der Waals surface area contributed by atoms with Crippen LogP contribution in [0.3, 0.4) is 0 Å². The lowest BCUT2D eigenvalue weighted by Crippen LogP contribution is -2.49. The summed E-state index contributed by atoms with van der Waals surface area (Å²) in [5, 5.41) is 20.5. The van der Waals surface area contributed by atoms with Crippen LogP contribution in [0.1, 0.15) is 17.5 Å². The van der Waals surface area contributed by atoms with Gasteiger partial charge in [-0.15, -0.1) is 0 Å². The van der Waals surface area contributed by atoms with Crippen molar-refractivity contribution in [3.63, 3.8) is 0 Å². The van der Waals surface area contributed by atoms with Gasteiger partial charge in [0.2, 0.25) is 0 Å². The zero-order valence-corrected chi connectivity index (χ0v) is 16.1. The molecule has 1 aliphatic rings. The van der Waals surface area contributed by atoms with Crippen molar-refractivity contribution in [2.24, 2.45) is 5.73 Å². The topological polar surface area (TPSA) is 129 Å².